The van der Waals surface area contributed by atoms with E-state index in [2.05, 4.69) is 4.74 Å². The van der Waals surface area contributed by atoms with Crippen LogP contribution < -0.4 is 10.6 Å². The van der Waals surface area contributed by atoms with Gasteiger partial charge in [0.1, 0.15) is 11.6 Å². The van der Waals surface area contributed by atoms with Crippen LogP contribution in [0.3, 0.4) is 0 Å². The maximum absolute atomic E-state index is 12.9. The Kier molecular flexibility index (Phi) is 5.44. The van der Waals surface area contributed by atoms with Crippen LogP contribution in [0, 0.1) is 5.41 Å². The number of ether oxygens (including phenoxy) is 1. The molecule has 0 atom stereocenters. The first-order valence-corrected chi connectivity index (χ1v) is 8.75. The van der Waals surface area contributed by atoms with Gasteiger partial charge in [-0.2, -0.15) is 0 Å². The number of hydrogen-bond donors (Lipinski definition) is 3. The Morgan fingerprint density at radius 3 is 2.39 bits per heavy atom. The number of nitrogens with zero attached hydrogens (tertiary/aromatic N) is 1. The van der Waals surface area contributed by atoms with E-state index in [4.69, 9.17) is 11.1 Å². The van der Waals surface area contributed by atoms with Crippen molar-refractivity contribution in [3.63, 3.8) is 0 Å². The molecule has 2 aromatic rings. The minimum Gasteiger partial charge on any atom is -0.510 e. The molecule has 3 rings (SSSR count). The number of nitrogens with one attached hydrogen (secondary N) is 1. The molecule has 1 heterocycles. The van der Waals surface area contributed by atoms with Gasteiger partial charge < -0.3 is 20.5 Å². The van der Waals surface area contributed by atoms with E-state index in [0.29, 0.717) is 23.2 Å². The molecule has 0 aromatic heterocycles. The summed E-state index contributed by atoms with van der Waals surface area (Å²) in [4.78, 5) is 25.6. The van der Waals surface area contributed by atoms with E-state index in [-0.39, 0.29) is 42.0 Å². The average Bonchev–Trinajstić information content (AvgIpc) is 3.00. The third-order valence-corrected chi connectivity index (χ3v) is 4.63. The first-order chi connectivity index (χ1) is 13.4. The molecule has 1 aliphatic heterocycles. The Balaban J connectivity index is 1.75. The van der Waals surface area contributed by atoms with Crippen molar-refractivity contribution in [3.8, 4) is 0 Å². The third kappa shape index (κ3) is 3.88. The standard InChI is InChI=1S/C21H21N3O4/c1-28-18(26)11-4-13-2-5-14(6-3-13)19-17(25)12-24(21(19)27)16-9-7-15(8-10-16)20(22)23/h2-3,5-10,25H,4,11-12H2,1H3,(H3,22,23). The highest BCUT2D eigenvalue weighted by molar-refractivity contribution is 6.29. The van der Waals surface area contributed by atoms with E-state index in [0.717, 1.165) is 5.56 Å². The molecule has 4 N–H and O–H groups in total. The van der Waals surface area contributed by atoms with Gasteiger partial charge in [0.05, 0.1) is 19.2 Å². The Bertz CT molecular complexity index is 947. The number of hydrogen-bond acceptors (Lipinski definition) is 5. The number of amidine groups is 1. The predicted molar refractivity (Wildman–Crippen MR) is 106 cm³/mol. The van der Waals surface area contributed by atoms with E-state index in [9.17, 15) is 14.7 Å². The molecule has 28 heavy (non-hydrogen) atoms. The molecule has 0 spiro atoms. The van der Waals surface area contributed by atoms with Gasteiger partial charge in [-0.25, -0.2) is 0 Å². The van der Waals surface area contributed by atoms with Crippen LogP contribution in [-0.4, -0.2) is 36.5 Å². The van der Waals surface area contributed by atoms with Gasteiger partial charge in [-0.05, 0) is 41.8 Å². The van der Waals surface area contributed by atoms with Gasteiger partial charge in [-0.1, -0.05) is 24.3 Å². The zero-order chi connectivity index (χ0) is 20.3. The van der Waals surface area contributed by atoms with Crippen molar-refractivity contribution in [2.24, 2.45) is 5.73 Å². The van der Waals surface area contributed by atoms with Gasteiger partial charge in [0.2, 0.25) is 0 Å². The van der Waals surface area contributed by atoms with Crippen molar-refractivity contribution in [1.29, 1.82) is 5.41 Å². The Morgan fingerprint density at radius 1 is 1.18 bits per heavy atom. The summed E-state index contributed by atoms with van der Waals surface area (Å²) in [5.41, 5.74) is 8.45. The molecule has 0 radical (unpaired) electrons. The van der Waals surface area contributed by atoms with Crippen LogP contribution in [-0.2, 0) is 20.7 Å². The van der Waals surface area contributed by atoms with Gasteiger partial charge in [0, 0.05) is 17.7 Å². The fourth-order valence-corrected chi connectivity index (χ4v) is 3.07. The molecule has 2 aromatic carbocycles. The number of aryl methyl sites for hydroxylation is 1. The summed E-state index contributed by atoms with van der Waals surface area (Å²) >= 11 is 0. The van der Waals surface area contributed by atoms with Crippen LogP contribution >= 0.6 is 0 Å². The number of anilines is 1. The normalized spacial score (nSPS) is 13.8. The van der Waals surface area contributed by atoms with Gasteiger partial charge in [-0.15, -0.1) is 0 Å². The van der Waals surface area contributed by atoms with E-state index in [1.54, 1.807) is 36.4 Å². The number of nitrogens with two attached hydrogens (primary N) is 1. The van der Waals surface area contributed by atoms with Gasteiger partial charge in [-0.3, -0.25) is 15.0 Å². The summed E-state index contributed by atoms with van der Waals surface area (Å²) in [6.45, 7) is 0.0810. The molecule has 0 bridgehead atoms. The lowest BCUT2D eigenvalue weighted by Gasteiger charge is -2.17. The highest BCUT2D eigenvalue weighted by Gasteiger charge is 2.32. The highest BCUT2D eigenvalue weighted by atomic mass is 16.5. The van der Waals surface area contributed by atoms with Gasteiger partial charge >= 0.3 is 5.97 Å². The highest BCUT2D eigenvalue weighted by Crippen LogP contribution is 2.31. The number of esters is 1. The molecule has 1 aliphatic rings. The van der Waals surface area contributed by atoms with Crippen molar-refractivity contribution in [1.82, 2.24) is 0 Å². The van der Waals surface area contributed by atoms with Crippen molar-refractivity contribution in [3.05, 3.63) is 71.0 Å². The van der Waals surface area contributed by atoms with Crippen molar-refractivity contribution in [2.75, 3.05) is 18.6 Å². The van der Waals surface area contributed by atoms with Crippen LogP contribution in [0.2, 0.25) is 0 Å². The fourth-order valence-electron chi connectivity index (χ4n) is 3.07. The summed E-state index contributed by atoms with van der Waals surface area (Å²) in [5.74, 6) is -0.617. The monoisotopic (exact) mass is 379 g/mol. The molecular weight excluding hydrogens is 358 g/mol. The largest absolute Gasteiger partial charge is 0.510 e. The second kappa shape index (κ2) is 7.96. The molecule has 1 amide bonds. The Hall–Kier alpha value is -3.61. The number of carbonyl (C=O) groups is 2. The second-order valence-corrected chi connectivity index (χ2v) is 6.45. The molecule has 144 valence electrons. The Labute approximate surface area is 162 Å². The maximum atomic E-state index is 12.9. The molecule has 0 unspecified atom stereocenters. The number of nitrogen functional groups attached to an aromatic ring is 1. The number of benzene rings is 2. The third-order valence-electron chi connectivity index (χ3n) is 4.63. The van der Waals surface area contributed by atoms with E-state index in [1.807, 2.05) is 12.1 Å². The smallest absolute Gasteiger partial charge is 0.305 e. The molecule has 0 aliphatic carbocycles. The second-order valence-electron chi connectivity index (χ2n) is 6.45. The van der Waals surface area contributed by atoms with Crippen molar-refractivity contribution < 1.29 is 19.4 Å². The molecule has 7 nitrogen and oxygen atoms in total. The molecule has 0 saturated carbocycles. The van der Waals surface area contributed by atoms with Crippen LogP contribution in [0.5, 0.6) is 0 Å². The zero-order valence-corrected chi connectivity index (χ0v) is 15.4. The number of amides is 1. The topological polar surface area (TPSA) is 117 Å². The van der Waals surface area contributed by atoms with Crippen LogP contribution in [0.15, 0.2) is 54.3 Å². The first kappa shape index (κ1) is 19.2. The van der Waals surface area contributed by atoms with Crippen LogP contribution in [0.4, 0.5) is 5.69 Å². The quantitative estimate of drug-likeness (QED) is 0.405. The zero-order valence-electron chi connectivity index (χ0n) is 15.4. The first-order valence-electron chi connectivity index (χ1n) is 8.75. The lowest BCUT2D eigenvalue weighted by Crippen LogP contribution is -2.26. The van der Waals surface area contributed by atoms with Crippen LogP contribution in [0.25, 0.3) is 5.57 Å². The summed E-state index contributed by atoms with van der Waals surface area (Å²) in [6.07, 6.45) is 0.827. The summed E-state index contributed by atoms with van der Waals surface area (Å²) < 4.78 is 4.63. The number of methoxy groups -OCH3 is 1. The predicted octanol–water partition coefficient (Wildman–Crippen LogP) is 2.39. The van der Waals surface area contributed by atoms with E-state index in [1.165, 1.54) is 12.0 Å². The minimum absolute atomic E-state index is 0.00274. The van der Waals surface area contributed by atoms with Gasteiger partial charge in [0.25, 0.3) is 5.91 Å². The summed E-state index contributed by atoms with van der Waals surface area (Å²) in [7, 11) is 1.35. The molecular formula is C21H21N3O4. The molecule has 0 fully saturated rings. The number of aliphatic hydroxyl groups excluding tert-OH is 1. The lowest BCUT2D eigenvalue weighted by molar-refractivity contribution is -0.140. The maximum Gasteiger partial charge on any atom is 0.305 e. The number of aliphatic hydroxyl groups is 1. The summed E-state index contributed by atoms with van der Waals surface area (Å²) in [6, 6.07) is 13.9. The average molecular weight is 379 g/mol. The molecule has 0 saturated heterocycles. The molecule has 7 heteroatoms. The summed E-state index contributed by atoms with van der Waals surface area (Å²) in [5, 5.41) is 17.8. The van der Waals surface area contributed by atoms with E-state index < -0.39 is 0 Å². The SMILES string of the molecule is COC(=O)CCc1ccc(C2=C(O)CN(c3ccc(C(=N)N)cc3)C2=O)cc1. The number of carbonyl (C=O) groups excluding carboxylic acids is 2. The van der Waals surface area contributed by atoms with Gasteiger partial charge in [0.15, 0.2) is 0 Å². The van der Waals surface area contributed by atoms with E-state index >= 15 is 0 Å². The fraction of sp³-hybridized carbons (Fsp3) is 0.190. The Morgan fingerprint density at radius 2 is 1.82 bits per heavy atom. The van der Waals surface area contributed by atoms with Crippen LogP contribution in [0.1, 0.15) is 23.1 Å². The minimum atomic E-state index is -0.296. The lowest BCUT2D eigenvalue weighted by atomic mass is 10.0. The van der Waals surface area contributed by atoms with Crippen molar-refractivity contribution >= 4 is 29.0 Å². The number of rotatable bonds is 6. The van der Waals surface area contributed by atoms with Crippen molar-refractivity contribution in [2.45, 2.75) is 12.8 Å².